The van der Waals surface area contributed by atoms with Crippen LogP contribution < -0.4 is 5.32 Å². The standard InChI is InChI=1S/C13H15F6NO/c1-2-11(21)7-20-6-8-3-9(12(14,15)16)5-10(4-8)13(17,18)19/h3-5,11,20-21H,2,6-7H2,1H3. The minimum Gasteiger partial charge on any atom is -0.392 e. The predicted octanol–water partition coefficient (Wildman–Crippen LogP) is 3.58. The quantitative estimate of drug-likeness (QED) is 0.814. The van der Waals surface area contributed by atoms with Crippen molar-refractivity contribution in [2.24, 2.45) is 0 Å². The van der Waals surface area contributed by atoms with E-state index in [2.05, 4.69) is 5.32 Å². The monoisotopic (exact) mass is 315 g/mol. The zero-order valence-corrected chi connectivity index (χ0v) is 11.1. The van der Waals surface area contributed by atoms with Crippen LogP contribution in [0.3, 0.4) is 0 Å². The fraction of sp³-hybridized carbons (Fsp3) is 0.538. The van der Waals surface area contributed by atoms with Crippen molar-refractivity contribution in [3.63, 3.8) is 0 Å². The number of alkyl halides is 6. The molecule has 0 aliphatic carbocycles. The molecule has 0 fully saturated rings. The molecule has 0 aliphatic heterocycles. The van der Waals surface area contributed by atoms with Crippen molar-refractivity contribution in [3.8, 4) is 0 Å². The zero-order valence-electron chi connectivity index (χ0n) is 11.1. The van der Waals surface area contributed by atoms with Gasteiger partial charge in [0.2, 0.25) is 0 Å². The van der Waals surface area contributed by atoms with Crippen LogP contribution in [0.25, 0.3) is 0 Å². The molecule has 1 aromatic rings. The van der Waals surface area contributed by atoms with Crippen LogP contribution in [0.15, 0.2) is 18.2 Å². The Labute approximate surface area is 117 Å². The van der Waals surface area contributed by atoms with Gasteiger partial charge in [0.25, 0.3) is 0 Å². The number of nitrogens with one attached hydrogen (secondary N) is 1. The fourth-order valence-electron chi connectivity index (χ4n) is 1.65. The summed E-state index contributed by atoms with van der Waals surface area (Å²) in [5, 5.41) is 11.9. The number of hydrogen-bond acceptors (Lipinski definition) is 2. The third-order valence-corrected chi connectivity index (χ3v) is 2.83. The van der Waals surface area contributed by atoms with Gasteiger partial charge in [0.15, 0.2) is 0 Å². The highest BCUT2D eigenvalue weighted by molar-refractivity contribution is 5.33. The van der Waals surface area contributed by atoms with Crippen LogP contribution in [-0.2, 0) is 18.9 Å². The first-order chi connectivity index (χ1) is 9.54. The first kappa shape index (κ1) is 17.8. The molecule has 8 heteroatoms. The van der Waals surface area contributed by atoms with E-state index in [1.165, 1.54) is 0 Å². The van der Waals surface area contributed by atoms with Crippen LogP contribution in [0, 0.1) is 0 Å². The number of halogens is 6. The molecule has 0 saturated heterocycles. The summed E-state index contributed by atoms with van der Waals surface area (Å²) < 4.78 is 75.7. The molecule has 0 heterocycles. The van der Waals surface area contributed by atoms with Crippen molar-refractivity contribution in [1.82, 2.24) is 5.32 Å². The Hall–Kier alpha value is -1.28. The maximum atomic E-state index is 12.6. The fourth-order valence-corrected chi connectivity index (χ4v) is 1.65. The maximum absolute atomic E-state index is 12.6. The van der Waals surface area contributed by atoms with Gasteiger partial charge in [0.1, 0.15) is 0 Å². The van der Waals surface area contributed by atoms with E-state index in [0.29, 0.717) is 18.6 Å². The number of hydrogen-bond donors (Lipinski definition) is 2. The molecule has 21 heavy (non-hydrogen) atoms. The molecule has 0 spiro atoms. The first-order valence-electron chi connectivity index (χ1n) is 6.21. The number of aliphatic hydroxyl groups excluding tert-OH is 1. The summed E-state index contributed by atoms with van der Waals surface area (Å²) in [7, 11) is 0. The van der Waals surface area contributed by atoms with Crippen LogP contribution >= 0.6 is 0 Å². The minimum absolute atomic E-state index is 0.0877. The summed E-state index contributed by atoms with van der Waals surface area (Å²) in [6.45, 7) is 1.61. The third kappa shape index (κ3) is 5.55. The van der Waals surface area contributed by atoms with E-state index >= 15 is 0 Å². The molecule has 120 valence electrons. The maximum Gasteiger partial charge on any atom is 0.416 e. The second-order valence-electron chi connectivity index (χ2n) is 4.61. The highest BCUT2D eigenvalue weighted by Gasteiger charge is 2.36. The van der Waals surface area contributed by atoms with Crippen molar-refractivity contribution in [3.05, 3.63) is 34.9 Å². The second-order valence-corrected chi connectivity index (χ2v) is 4.61. The van der Waals surface area contributed by atoms with Crippen LogP contribution in [0.1, 0.15) is 30.0 Å². The summed E-state index contributed by atoms with van der Waals surface area (Å²) >= 11 is 0. The third-order valence-electron chi connectivity index (χ3n) is 2.83. The summed E-state index contributed by atoms with van der Waals surface area (Å²) in [6.07, 6.45) is -9.96. The van der Waals surface area contributed by atoms with E-state index in [9.17, 15) is 31.4 Å². The van der Waals surface area contributed by atoms with Crippen molar-refractivity contribution >= 4 is 0 Å². The smallest absolute Gasteiger partial charge is 0.392 e. The molecule has 1 aromatic carbocycles. The van der Waals surface area contributed by atoms with Gasteiger partial charge in [-0.05, 0) is 30.2 Å². The Balaban J connectivity index is 2.98. The first-order valence-corrected chi connectivity index (χ1v) is 6.21. The van der Waals surface area contributed by atoms with E-state index in [1.807, 2.05) is 0 Å². The number of aliphatic hydroxyl groups is 1. The van der Waals surface area contributed by atoms with Crippen molar-refractivity contribution < 1.29 is 31.4 Å². The van der Waals surface area contributed by atoms with Crippen LogP contribution in [0.5, 0.6) is 0 Å². The summed E-state index contributed by atoms with van der Waals surface area (Å²) in [5.41, 5.74) is -2.82. The van der Waals surface area contributed by atoms with Crippen molar-refractivity contribution in [2.45, 2.75) is 38.3 Å². The van der Waals surface area contributed by atoms with Gasteiger partial charge in [-0.1, -0.05) is 6.92 Å². The van der Waals surface area contributed by atoms with E-state index in [4.69, 9.17) is 0 Å². The highest BCUT2D eigenvalue weighted by Crippen LogP contribution is 2.36. The molecule has 0 radical (unpaired) electrons. The van der Waals surface area contributed by atoms with Crippen LogP contribution in [-0.4, -0.2) is 17.8 Å². The van der Waals surface area contributed by atoms with Gasteiger partial charge in [-0.2, -0.15) is 26.3 Å². The SMILES string of the molecule is CCC(O)CNCc1cc(C(F)(F)F)cc(C(F)(F)F)c1. The molecular weight excluding hydrogens is 300 g/mol. The summed E-state index contributed by atoms with van der Waals surface area (Å²) in [5.74, 6) is 0. The average Bonchev–Trinajstić information content (AvgIpc) is 2.36. The highest BCUT2D eigenvalue weighted by atomic mass is 19.4. The Bertz CT molecular complexity index is 436. The Morgan fingerprint density at radius 3 is 1.86 bits per heavy atom. The van der Waals surface area contributed by atoms with Gasteiger partial charge in [0.05, 0.1) is 17.2 Å². The molecule has 0 aromatic heterocycles. The molecule has 2 N–H and O–H groups in total. The largest absolute Gasteiger partial charge is 0.416 e. The van der Waals surface area contributed by atoms with Gasteiger partial charge in [-0.3, -0.25) is 0 Å². The van der Waals surface area contributed by atoms with Gasteiger partial charge in [-0.15, -0.1) is 0 Å². The Morgan fingerprint density at radius 1 is 1.00 bits per heavy atom. The molecule has 1 unspecified atom stereocenters. The normalized spacial score (nSPS) is 14.3. The Kier molecular flexibility index (Phi) is 5.63. The topological polar surface area (TPSA) is 32.3 Å². The van der Waals surface area contributed by atoms with Crippen LogP contribution in [0.4, 0.5) is 26.3 Å². The lowest BCUT2D eigenvalue weighted by atomic mass is 10.0. The summed E-state index contributed by atoms with van der Waals surface area (Å²) in [6, 6.07) is 1.42. The molecule has 0 amide bonds. The molecule has 0 aliphatic rings. The predicted molar refractivity (Wildman–Crippen MR) is 64.5 cm³/mol. The average molecular weight is 315 g/mol. The molecular formula is C13H15F6NO. The lowest BCUT2D eigenvalue weighted by Gasteiger charge is -2.15. The van der Waals surface area contributed by atoms with Gasteiger partial charge >= 0.3 is 12.4 Å². The van der Waals surface area contributed by atoms with E-state index in [0.717, 1.165) is 0 Å². The van der Waals surface area contributed by atoms with Crippen molar-refractivity contribution in [2.75, 3.05) is 6.54 Å². The van der Waals surface area contributed by atoms with Gasteiger partial charge in [-0.25, -0.2) is 0 Å². The van der Waals surface area contributed by atoms with E-state index in [-0.39, 0.29) is 24.7 Å². The molecule has 0 saturated carbocycles. The second kappa shape index (κ2) is 6.65. The zero-order chi connectivity index (χ0) is 16.3. The van der Waals surface area contributed by atoms with E-state index in [1.54, 1.807) is 6.92 Å². The van der Waals surface area contributed by atoms with Crippen LogP contribution in [0.2, 0.25) is 0 Å². The Morgan fingerprint density at radius 2 is 1.48 bits per heavy atom. The molecule has 0 bridgehead atoms. The minimum atomic E-state index is -4.85. The molecule has 2 nitrogen and oxygen atoms in total. The molecule has 1 rings (SSSR count). The number of benzene rings is 1. The number of rotatable bonds is 5. The summed E-state index contributed by atoms with van der Waals surface area (Å²) in [4.78, 5) is 0. The van der Waals surface area contributed by atoms with Crippen molar-refractivity contribution in [1.29, 1.82) is 0 Å². The lowest BCUT2D eigenvalue weighted by Crippen LogP contribution is -2.26. The lowest BCUT2D eigenvalue weighted by molar-refractivity contribution is -0.143. The van der Waals surface area contributed by atoms with E-state index < -0.39 is 29.6 Å². The van der Waals surface area contributed by atoms with Gasteiger partial charge in [0, 0.05) is 13.1 Å². The van der Waals surface area contributed by atoms with Gasteiger partial charge < -0.3 is 10.4 Å². The molecule has 1 atom stereocenters.